The molecule has 0 bridgehead atoms. The lowest BCUT2D eigenvalue weighted by molar-refractivity contribution is 0.169. The van der Waals surface area contributed by atoms with Gasteiger partial charge in [-0.05, 0) is 42.2 Å². The maximum absolute atomic E-state index is 5.97. The molecule has 0 saturated carbocycles. The maximum Gasteiger partial charge on any atom is 0.237 e. The van der Waals surface area contributed by atoms with Crippen LogP contribution in [0.5, 0.6) is 0 Å². The molecule has 0 fully saturated rings. The van der Waals surface area contributed by atoms with E-state index in [1.165, 1.54) is 11.1 Å². The highest BCUT2D eigenvalue weighted by atomic mass is 16.5. The number of aryl methyl sites for hydroxylation is 1. The maximum atomic E-state index is 5.97. The molecule has 4 aromatic rings. The first-order valence-corrected chi connectivity index (χ1v) is 10.7. The minimum Gasteiger partial charge on any atom is -0.472 e. The highest BCUT2D eigenvalue weighted by Gasteiger charge is 2.29. The van der Waals surface area contributed by atoms with E-state index in [0.717, 1.165) is 27.9 Å². The molecule has 158 valence electrons. The van der Waals surface area contributed by atoms with Gasteiger partial charge in [-0.2, -0.15) is 0 Å². The van der Waals surface area contributed by atoms with Gasteiger partial charge in [-0.1, -0.05) is 90.1 Å². The molecule has 1 aliphatic heterocycles. The second kappa shape index (κ2) is 8.60. The summed E-state index contributed by atoms with van der Waals surface area (Å²) >= 11 is 0. The van der Waals surface area contributed by atoms with Gasteiger partial charge >= 0.3 is 0 Å². The Morgan fingerprint density at radius 3 is 2.34 bits per heavy atom. The number of hydrogen-bond acceptors (Lipinski definition) is 4. The fourth-order valence-electron chi connectivity index (χ4n) is 3.88. The van der Waals surface area contributed by atoms with Gasteiger partial charge in [-0.3, -0.25) is 4.90 Å². The molecule has 2 heterocycles. The summed E-state index contributed by atoms with van der Waals surface area (Å²) in [6.45, 7) is 3.95. The van der Waals surface area contributed by atoms with Gasteiger partial charge in [-0.15, -0.1) is 0 Å². The molecule has 32 heavy (non-hydrogen) atoms. The summed E-state index contributed by atoms with van der Waals surface area (Å²) in [7, 11) is 0. The number of anilines is 1. The first-order valence-electron chi connectivity index (χ1n) is 10.7. The molecule has 1 aliphatic rings. The minimum absolute atomic E-state index is 0.310. The molecule has 0 spiro atoms. The Bertz CT molecular complexity index is 1270. The Morgan fingerprint density at radius 2 is 1.62 bits per heavy atom. The van der Waals surface area contributed by atoms with Gasteiger partial charge in [0.1, 0.15) is 6.26 Å². The van der Waals surface area contributed by atoms with E-state index in [4.69, 9.17) is 9.26 Å². The molecule has 3 aromatic carbocycles. The van der Waals surface area contributed by atoms with Crippen molar-refractivity contribution in [2.24, 2.45) is 0 Å². The van der Waals surface area contributed by atoms with Crippen molar-refractivity contribution in [1.82, 2.24) is 5.16 Å². The van der Waals surface area contributed by atoms with Gasteiger partial charge in [0.2, 0.25) is 12.1 Å². The molecular weight excluding hydrogens is 396 g/mol. The molecule has 0 aliphatic carbocycles. The van der Waals surface area contributed by atoms with E-state index in [-0.39, 0.29) is 6.23 Å². The Morgan fingerprint density at radius 1 is 0.875 bits per heavy atom. The Balaban J connectivity index is 1.55. The van der Waals surface area contributed by atoms with E-state index < -0.39 is 0 Å². The monoisotopic (exact) mass is 420 g/mol. The lowest BCUT2D eigenvalue weighted by Crippen LogP contribution is -2.20. The normalized spacial score (nSPS) is 15.4. The second-order valence-electron chi connectivity index (χ2n) is 7.84. The number of aromatic nitrogens is 1. The summed E-state index contributed by atoms with van der Waals surface area (Å²) in [5.41, 5.74) is 7.56. The highest BCUT2D eigenvalue weighted by molar-refractivity contribution is 5.81. The van der Waals surface area contributed by atoms with E-state index in [1.807, 2.05) is 49.2 Å². The van der Waals surface area contributed by atoms with Crippen molar-refractivity contribution in [2.75, 3.05) is 4.90 Å². The third kappa shape index (κ3) is 3.83. The summed E-state index contributed by atoms with van der Waals surface area (Å²) in [5, 5.41) is 4.11. The van der Waals surface area contributed by atoms with Gasteiger partial charge in [-0.25, -0.2) is 0 Å². The quantitative estimate of drug-likeness (QED) is 0.322. The van der Waals surface area contributed by atoms with Crippen LogP contribution in [0, 0.1) is 13.8 Å². The Labute approximate surface area is 188 Å². The van der Waals surface area contributed by atoms with E-state index in [9.17, 15) is 0 Å². The van der Waals surface area contributed by atoms with E-state index in [0.29, 0.717) is 5.88 Å². The third-order valence-electron chi connectivity index (χ3n) is 5.75. The predicted molar refractivity (Wildman–Crippen MR) is 129 cm³/mol. The molecule has 5 rings (SSSR count). The van der Waals surface area contributed by atoms with Gasteiger partial charge in [0.25, 0.3) is 0 Å². The number of hydrogen-bond donors (Lipinski definition) is 0. The smallest absolute Gasteiger partial charge is 0.237 e. The highest BCUT2D eigenvalue weighted by Crippen LogP contribution is 2.37. The molecule has 4 nitrogen and oxygen atoms in total. The lowest BCUT2D eigenvalue weighted by Gasteiger charge is -2.23. The molecule has 0 radical (unpaired) electrons. The summed E-state index contributed by atoms with van der Waals surface area (Å²) in [6.07, 6.45) is 7.59. The van der Waals surface area contributed by atoms with Crippen LogP contribution in [0.1, 0.15) is 34.2 Å². The fraction of sp³-hybridized carbons (Fsp3) is 0.107. The van der Waals surface area contributed by atoms with Crippen LogP contribution in [-0.2, 0) is 4.74 Å². The standard InChI is InChI=1S/C28H24N2O2/c1-20-21(2)29-32-27(20)30-17-18-31-28(30)25-15-16-26(23-11-7-4-8-12-23)24(19-25)14-13-22-9-5-3-6-10-22/h3-19,28H,1-2H3/b14-13-. The van der Waals surface area contributed by atoms with Crippen LogP contribution in [0.25, 0.3) is 23.3 Å². The molecule has 1 atom stereocenters. The number of benzene rings is 3. The van der Waals surface area contributed by atoms with Crippen molar-refractivity contribution >= 4 is 18.0 Å². The topological polar surface area (TPSA) is 38.5 Å². The zero-order chi connectivity index (χ0) is 21.9. The zero-order valence-corrected chi connectivity index (χ0v) is 18.1. The van der Waals surface area contributed by atoms with E-state index in [1.54, 1.807) is 6.26 Å². The van der Waals surface area contributed by atoms with Crippen molar-refractivity contribution in [3.8, 4) is 11.1 Å². The van der Waals surface area contributed by atoms with E-state index in [2.05, 4.69) is 71.9 Å². The van der Waals surface area contributed by atoms with Gasteiger partial charge in [0, 0.05) is 17.3 Å². The van der Waals surface area contributed by atoms with Crippen LogP contribution in [-0.4, -0.2) is 5.16 Å². The van der Waals surface area contributed by atoms with Crippen molar-refractivity contribution in [3.05, 3.63) is 119 Å². The summed E-state index contributed by atoms with van der Waals surface area (Å²) in [5.74, 6) is 0.703. The third-order valence-corrected chi connectivity index (χ3v) is 5.75. The molecule has 0 amide bonds. The first-order chi connectivity index (χ1) is 15.7. The van der Waals surface area contributed by atoms with Gasteiger partial charge < -0.3 is 9.26 Å². The molecular formula is C28H24N2O2. The summed E-state index contributed by atoms with van der Waals surface area (Å²) in [4.78, 5) is 1.98. The molecule has 0 saturated heterocycles. The Kier molecular flexibility index (Phi) is 5.34. The SMILES string of the molecule is Cc1noc(N2C=COC2c2ccc(-c3ccccc3)c(/C=C\c3ccccc3)c2)c1C. The van der Waals surface area contributed by atoms with Gasteiger partial charge in [0.15, 0.2) is 0 Å². The first kappa shape index (κ1) is 19.9. The van der Waals surface area contributed by atoms with Crippen LogP contribution < -0.4 is 4.90 Å². The average Bonchev–Trinajstić information content (AvgIpc) is 3.45. The molecule has 0 N–H and O–H groups in total. The Hall–Kier alpha value is -4.05. The molecule has 1 unspecified atom stereocenters. The van der Waals surface area contributed by atoms with Gasteiger partial charge in [0.05, 0.1) is 5.69 Å². The van der Waals surface area contributed by atoms with Crippen LogP contribution in [0.4, 0.5) is 5.88 Å². The second-order valence-corrected chi connectivity index (χ2v) is 7.84. The van der Waals surface area contributed by atoms with Crippen LogP contribution >= 0.6 is 0 Å². The number of ether oxygens (including phenoxy) is 1. The number of rotatable bonds is 5. The van der Waals surface area contributed by atoms with Crippen molar-refractivity contribution < 1.29 is 9.26 Å². The molecule has 1 aromatic heterocycles. The van der Waals surface area contributed by atoms with Crippen molar-refractivity contribution in [1.29, 1.82) is 0 Å². The predicted octanol–water partition coefficient (Wildman–Crippen LogP) is 7.14. The van der Waals surface area contributed by atoms with Crippen LogP contribution in [0.15, 0.2) is 95.8 Å². The molecule has 4 heteroatoms. The van der Waals surface area contributed by atoms with Crippen molar-refractivity contribution in [3.63, 3.8) is 0 Å². The fourth-order valence-corrected chi connectivity index (χ4v) is 3.88. The zero-order valence-electron chi connectivity index (χ0n) is 18.1. The largest absolute Gasteiger partial charge is 0.472 e. The summed E-state index contributed by atoms with van der Waals surface area (Å²) < 4.78 is 11.6. The lowest BCUT2D eigenvalue weighted by atomic mass is 9.96. The number of nitrogens with zero attached hydrogens (tertiary/aromatic N) is 2. The van der Waals surface area contributed by atoms with Crippen molar-refractivity contribution in [2.45, 2.75) is 20.1 Å². The van der Waals surface area contributed by atoms with E-state index >= 15 is 0 Å². The van der Waals surface area contributed by atoms with Crippen LogP contribution in [0.3, 0.4) is 0 Å². The summed E-state index contributed by atoms with van der Waals surface area (Å²) in [6, 6.07) is 27.2. The van der Waals surface area contributed by atoms with Crippen LogP contribution in [0.2, 0.25) is 0 Å². The minimum atomic E-state index is -0.310. The average molecular weight is 421 g/mol.